The first-order chi connectivity index (χ1) is 13.6. The molecule has 0 aromatic heterocycles. The minimum absolute atomic E-state index is 0. The Labute approximate surface area is 194 Å². The highest BCUT2D eigenvalue weighted by Crippen LogP contribution is 2.19. The molecule has 2 rings (SSSR count). The average molecular weight is 546 g/mol. The molecule has 0 aliphatic rings. The maximum atomic E-state index is 12.3. The number of hydrogen-bond acceptors (Lipinski definition) is 5. The Hall–Kier alpha value is -2.05. The van der Waals surface area contributed by atoms with Gasteiger partial charge in [-0.05, 0) is 42.7 Å². The monoisotopic (exact) mass is 546 g/mol. The van der Waals surface area contributed by atoms with Gasteiger partial charge in [0, 0.05) is 32.3 Å². The number of non-ortho nitro benzene ring substituents is 1. The van der Waals surface area contributed by atoms with E-state index < -0.39 is 14.9 Å². The first-order valence-electron chi connectivity index (χ1n) is 9.20. The van der Waals surface area contributed by atoms with E-state index in [0.717, 1.165) is 11.5 Å². The van der Waals surface area contributed by atoms with Crippen molar-refractivity contribution in [2.75, 3.05) is 20.1 Å². The van der Waals surface area contributed by atoms with Crippen molar-refractivity contribution in [2.45, 2.75) is 31.6 Å². The quantitative estimate of drug-likeness (QED) is 0.175. The van der Waals surface area contributed by atoms with Gasteiger partial charge in [0.2, 0.25) is 10.0 Å². The Balaban J connectivity index is 0.00000450. The summed E-state index contributed by atoms with van der Waals surface area (Å²) in [5, 5.41) is 10.7. The maximum Gasteiger partial charge on any atom is 0.269 e. The molecule has 0 aliphatic carbocycles. The number of halogens is 1. The molecule has 0 heterocycles. The molecule has 0 aliphatic heterocycles. The number of sulfonamides is 1. The summed E-state index contributed by atoms with van der Waals surface area (Å²) in [5.74, 6) is 1.22. The van der Waals surface area contributed by atoms with Crippen LogP contribution in [0.4, 0.5) is 11.4 Å². The highest BCUT2D eigenvalue weighted by Gasteiger charge is 2.15. The van der Waals surface area contributed by atoms with Crippen LogP contribution in [0.5, 0.6) is 0 Å². The molecule has 0 radical (unpaired) electrons. The summed E-state index contributed by atoms with van der Waals surface area (Å²) in [7, 11) is -1.90. The molecule has 0 fully saturated rings. The largest absolute Gasteiger partial charge is 0.362 e. The third kappa shape index (κ3) is 7.33. The molecular formula is C20H27IN4O4S. The Morgan fingerprint density at radius 1 is 1.13 bits per heavy atom. The minimum atomic E-state index is -3.74. The predicted molar refractivity (Wildman–Crippen MR) is 130 cm³/mol. The van der Waals surface area contributed by atoms with Crippen LogP contribution in [0.1, 0.15) is 32.3 Å². The molecule has 0 bridgehead atoms. The number of likely N-dealkylation sites (N-methyl/N-ethyl adjacent to an activating group) is 1. The molecule has 2 aromatic rings. The second kappa shape index (κ2) is 11.4. The van der Waals surface area contributed by atoms with Gasteiger partial charge in [0.25, 0.3) is 5.69 Å². The van der Waals surface area contributed by atoms with E-state index in [1.807, 2.05) is 31.0 Å². The standard InChI is InChI=1S/C20H26N4O4S.HI/c1-15(2)17-5-7-18(8-6-17)22-16(3)23(4)14-13-21-29(27,28)20-11-9-19(10-12-20)24(25)26;/h5-12,15,21H,13-14H2,1-4H3;1H. The van der Waals surface area contributed by atoms with Gasteiger partial charge < -0.3 is 4.90 Å². The van der Waals surface area contributed by atoms with Gasteiger partial charge in [-0.3, -0.25) is 10.1 Å². The van der Waals surface area contributed by atoms with Crippen LogP contribution in [-0.4, -0.2) is 44.2 Å². The molecule has 10 heteroatoms. The van der Waals surface area contributed by atoms with Gasteiger partial charge in [-0.15, -0.1) is 24.0 Å². The van der Waals surface area contributed by atoms with Crippen molar-refractivity contribution >= 4 is 51.2 Å². The number of benzene rings is 2. The van der Waals surface area contributed by atoms with Crippen molar-refractivity contribution in [2.24, 2.45) is 4.99 Å². The smallest absolute Gasteiger partial charge is 0.269 e. The van der Waals surface area contributed by atoms with E-state index in [1.54, 1.807) is 0 Å². The molecule has 0 spiro atoms. The third-order valence-corrected chi connectivity index (χ3v) is 5.98. The summed E-state index contributed by atoms with van der Waals surface area (Å²) in [4.78, 5) is 16.5. The predicted octanol–water partition coefficient (Wildman–Crippen LogP) is 4.30. The van der Waals surface area contributed by atoms with E-state index in [9.17, 15) is 18.5 Å². The van der Waals surface area contributed by atoms with Crippen LogP contribution in [0.15, 0.2) is 58.4 Å². The van der Waals surface area contributed by atoms with Gasteiger partial charge in [0.1, 0.15) is 5.84 Å². The van der Waals surface area contributed by atoms with E-state index >= 15 is 0 Å². The lowest BCUT2D eigenvalue weighted by atomic mass is 10.0. The van der Waals surface area contributed by atoms with Crippen molar-refractivity contribution in [1.82, 2.24) is 9.62 Å². The SMILES string of the molecule is CC(=Nc1ccc(C(C)C)cc1)N(C)CCNS(=O)(=O)c1ccc([N+](=O)[O-])cc1.I. The second-order valence-corrected chi connectivity index (χ2v) is 8.74. The molecule has 0 saturated carbocycles. The van der Waals surface area contributed by atoms with Crippen LogP contribution in [-0.2, 0) is 10.0 Å². The van der Waals surface area contributed by atoms with E-state index in [0.29, 0.717) is 12.5 Å². The van der Waals surface area contributed by atoms with Gasteiger partial charge >= 0.3 is 0 Å². The van der Waals surface area contributed by atoms with Gasteiger partial charge in [-0.25, -0.2) is 18.1 Å². The molecular weight excluding hydrogens is 519 g/mol. The van der Waals surface area contributed by atoms with E-state index in [4.69, 9.17) is 0 Å². The van der Waals surface area contributed by atoms with Crippen molar-refractivity contribution < 1.29 is 13.3 Å². The van der Waals surface area contributed by atoms with Crippen LogP contribution in [0.2, 0.25) is 0 Å². The number of nitrogens with zero attached hydrogens (tertiary/aromatic N) is 3. The number of nitrogens with one attached hydrogen (secondary N) is 1. The van der Waals surface area contributed by atoms with Crippen LogP contribution in [0, 0.1) is 10.1 Å². The second-order valence-electron chi connectivity index (χ2n) is 6.98. The van der Waals surface area contributed by atoms with Crippen LogP contribution >= 0.6 is 24.0 Å². The topological polar surface area (TPSA) is 105 Å². The summed E-state index contributed by atoms with van der Waals surface area (Å²) < 4.78 is 27.1. The zero-order chi connectivity index (χ0) is 21.6. The Morgan fingerprint density at radius 2 is 1.70 bits per heavy atom. The summed E-state index contributed by atoms with van der Waals surface area (Å²) in [6.07, 6.45) is 0. The van der Waals surface area contributed by atoms with Crippen LogP contribution in [0.25, 0.3) is 0 Å². The van der Waals surface area contributed by atoms with Gasteiger partial charge in [-0.2, -0.15) is 0 Å². The lowest BCUT2D eigenvalue weighted by Gasteiger charge is -2.19. The Kier molecular flexibility index (Phi) is 9.85. The van der Waals surface area contributed by atoms with E-state index in [2.05, 4.69) is 35.7 Å². The first-order valence-corrected chi connectivity index (χ1v) is 10.7. The van der Waals surface area contributed by atoms with Crippen molar-refractivity contribution in [3.05, 3.63) is 64.2 Å². The maximum absolute atomic E-state index is 12.3. The molecule has 1 N–H and O–H groups in total. The molecule has 30 heavy (non-hydrogen) atoms. The van der Waals surface area contributed by atoms with Gasteiger partial charge in [-0.1, -0.05) is 26.0 Å². The number of hydrogen-bond donors (Lipinski definition) is 1. The fraction of sp³-hybridized carbons (Fsp3) is 0.350. The van der Waals surface area contributed by atoms with Crippen molar-refractivity contribution in [3.8, 4) is 0 Å². The van der Waals surface area contributed by atoms with Crippen LogP contribution < -0.4 is 4.72 Å². The van der Waals surface area contributed by atoms with Crippen molar-refractivity contribution in [3.63, 3.8) is 0 Å². The normalized spacial score (nSPS) is 11.8. The Bertz CT molecular complexity index is 975. The molecule has 164 valence electrons. The lowest BCUT2D eigenvalue weighted by molar-refractivity contribution is -0.384. The molecule has 0 amide bonds. The highest BCUT2D eigenvalue weighted by molar-refractivity contribution is 14.0. The first kappa shape index (κ1) is 26.0. The number of aliphatic imine (C=N–C) groups is 1. The summed E-state index contributed by atoms with van der Waals surface area (Å²) in [6.45, 7) is 6.73. The van der Waals surface area contributed by atoms with E-state index in [-0.39, 0.29) is 41.1 Å². The molecule has 0 unspecified atom stereocenters. The number of amidine groups is 1. The summed E-state index contributed by atoms with van der Waals surface area (Å²) in [5.41, 5.74) is 1.93. The number of nitro groups is 1. The zero-order valence-electron chi connectivity index (χ0n) is 17.4. The third-order valence-electron chi connectivity index (χ3n) is 4.50. The van der Waals surface area contributed by atoms with E-state index in [1.165, 1.54) is 29.8 Å². The van der Waals surface area contributed by atoms with Crippen LogP contribution in [0.3, 0.4) is 0 Å². The molecule has 8 nitrogen and oxygen atoms in total. The van der Waals surface area contributed by atoms with Crippen molar-refractivity contribution in [1.29, 1.82) is 0 Å². The number of nitro benzene ring substituents is 1. The molecule has 0 saturated heterocycles. The molecule has 0 atom stereocenters. The number of rotatable bonds is 8. The fourth-order valence-electron chi connectivity index (χ4n) is 2.55. The van der Waals surface area contributed by atoms with Gasteiger partial charge in [0.05, 0.1) is 15.5 Å². The molecule has 2 aromatic carbocycles. The summed E-state index contributed by atoms with van der Waals surface area (Å²) >= 11 is 0. The lowest BCUT2D eigenvalue weighted by Crippen LogP contribution is -2.35. The fourth-order valence-corrected chi connectivity index (χ4v) is 3.57. The minimum Gasteiger partial charge on any atom is -0.362 e. The highest BCUT2D eigenvalue weighted by atomic mass is 127. The average Bonchev–Trinajstić information content (AvgIpc) is 2.68. The summed E-state index contributed by atoms with van der Waals surface area (Å²) in [6, 6.07) is 12.8. The van der Waals surface area contributed by atoms with Gasteiger partial charge in [0.15, 0.2) is 0 Å². The zero-order valence-corrected chi connectivity index (χ0v) is 20.5. The Morgan fingerprint density at radius 3 is 2.20 bits per heavy atom.